The van der Waals surface area contributed by atoms with Gasteiger partial charge in [-0.1, -0.05) is 0 Å². The van der Waals surface area contributed by atoms with Gasteiger partial charge >= 0.3 is 0 Å². The van der Waals surface area contributed by atoms with Crippen molar-refractivity contribution in [2.24, 2.45) is 0 Å². The average Bonchev–Trinajstić information content (AvgIpc) is 2.80. The Balaban J connectivity index is 2.13. The quantitative estimate of drug-likeness (QED) is 0.238. The van der Waals surface area contributed by atoms with Crippen LogP contribution in [-0.2, 0) is 14.2 Å². The zero-order valence-corrected chi connectivity index (χ0v) is 12.0. The van der Waals surface area contributed by atoms with Crippen molar-refractivity contribution in [3.8, 4) is 0 Å². The smallest absolute Gasteiger partial charge is 0.219 e. The Kier molecular flexibility index (Phi) is 5.92. The summed E-state index contributed by atoms with van der Waals surface area (Å²) in [7, 11) is 0. The zero-order chi connectivity index (χ0) is 17.4. The molecule has 0 bridgehead atoms. The van der Waals surface area contributed by atoms with Crippen molar-refractivity contribution in [2.45, 2.75) is 54.8 Å². The fourth-order valence-electron chi connectivity index (χ4n) is 2.63. The molecule has 0 amide bonds. The van der Waals surface area contributed by atoms with Crippen LogP contribution in [0.1, 0.15) is 0 Å². The predicted octanol–water partition coefficient (Wildman–Crippen LogP) is -5.40. The number of aliphatic hydroxyl groups is 8. The second-order valence-corrected chi connectivity index (χ2v) is 5.58. The van der Waals surface area contributed by atoms with Crippen LogP contribution in [0.3, 0.4) is 0 Å². The molecule has 11 nitrogen and oxygen atoms in total. The molecule has 136 valence electrons. The van der Waals surface area contributed by atoms with E-state index in [-0.39, 0.29) is 0 Å². The van der Waals surface area contributed by atoms with Crippen LogP contribution in [0.5, 0.6) is 0 Å². The summed E-state index contributed by atoms with van der Waals surface area (Å²) >= 11 is 0. The Morgan fingerprint density at radius 3 is 2.00 bits per heavy atom. The molecule has 2 fully saturated rings. The monoisotopic (exact) mass is 342 g/mol. The van der Waals surface area contributed by atoms with Gasteiger partial charge in [0.25, 0.3) is 0 Å². The van der Waals surface area contributed by atoms with Gasteiger partial charge in [-0.15, -0.1) is 0 Å². The summed E-state index contributed by atoms with van der Waals surface area (Å²) in [6.45, 7) is -2.32. The largest absolute Gasteiger partial charge is 0.394 e. The van der Waals surface area contributed by atoms with Crippen LogP contribution < -0.4 is 0 Å². The second-order valence-electron chi connectivity index (χ2n) is 5.58. The van der Waals surface area contributed by atoms with E-state index < -0.39 is 74.6 Å². The number of aliphatic hydroxyl groups excluding tert-OH is 7. The third-order valence-corrected chi connectivity index (χ3v) is 4.04. The summed E-state index contributed by atoms with van der Waals surface area (Å²) in [5, 5.41) is 76.5. The van der Waals surface area contributed by atoms with Crippen LogP contribution in [0.15, 0.2) is 0 Å². The van der Waals surface area contributed by atoms with E-state index in [2.05, 4.69) is 0 Å². The Morgan fingerprint density at radius 1 is 0.870 bits per heavy atom. The van der Waals surface area contributed by atoms with Crippen LogP contribution in [0.2, 0.25) is 0 Å². The lowest BCUT2D eigenvalue weighted by Gasteiger charge is -2.41. The maximum Gasteiger partial charge on any atom is 0.219 e. The van der Waals surface area contributed by atoms with Crippen LogP contribution >= 0.6 is 0 Å². The lowest BCUT2D eigenvalue weighted by atomic mass is 9.99. The molecular weight excluding hydrogens is 320 g/mol. The molecule has 23 heavy (non-hydrogen) atoms. The van der Waals surface area contributed by atoms with Gasteiger partial charge < -0.3 is 55.1 Å². The Hall–Kier alpha value is -0.440. The van der Waals surface area contributed by atoms with Crippen molar-refractivity contribution >= 4 is 0 Å². The van der Waals surface area contributed by atoms with Crippen LogP contribution in [0.25, 0.3) is 0 Å². The summed E-state index contributed by atoms with van der Waals surface area (Å²) in [6, 6.07) is 0. The summed E-state index contributed by atoms with van der Waals surface area (Å²) in [5.41, 5.74) is 0. The van der Waals surface area contributed by atoms with Gasteiger partial charge in [0, 0.05) is 0 Å². The van der Waals surface area contributed by atoms with Crippen molar-refractivity contribution in [3.63, 3.8) is 0 Å². The summed E-state index contributed by atoms with van der Waals surface area (Å²) < 4.78 is 15.3. The fraction of sp³-hybridized carbons (Fsp3) is 1.00. The van der Waals surface area contributed by atoms with E-state index in [0.717, 1.165) is 0 Å². The summed E-state index contributed by atoms with van der Waals surface area (Å²) in [6.07, 6.45) is -12.2. The highest BCUT2D eigenvalue weighted by molar-refractivity contribution is 4.98. The first kappa shape index (κ1) is 18.9. The SMILES string of the molecule is OC[C@@H]1O[C@H](O[C@@H]2[C@H](CO)O[C@@](O)(CO)[C@H]2O)[C@H](O)[C@H](O)[C@@H]1O. The molecule has 0 aliphatic carbocycles. The molecule has 2 heterocycles. The topological polar surface area (TPSA) is 190 Å². The highest BCUT2D eigenvalue weighted by Crippen LogP contribution is 2.33. The first-order valence-electron chi connectivity index (χ1n) is 7.05. The Bertz CT molecular complexity index is 393. The molecule has 0 spiro atoms. The van der Waals surface area contributed by atoms with Crippen molar-refractivity contribution in [3.05, 3.63) is 0 Å². The van der Waals surface area contributed by atoms with E-state index in [1.807, 2.05) is 0 Å². The molecule has 0 aromatic rings. The van der Waals surface area contributed by atoms with Crippen molar-refractivity contribution < 1.29 is 55.1 Å². The summed E-state index contributed by atoms with van der Waals surface area (Å²) in [4.78, 5) is 0. The lowest BCUT2D eigenvalue weighted by Crippen LogP contribution is -2.60. The van der Waals surface area contributed by atoms with Crippen molar-refractivity contribution in [2.75, 3.05) is 19.8 Å². The van der Waals surface area contributed by atoms with Gasteiger partial charge in [-0.3, -0.25) is 0 Å². The van der Waals surface area contributed by atoms with Gasteiger partial charge in [0.05, 0.1) is 19.8 Å². The molecule has 0 radical (unpaired) electrons. The average molecular weight is 342 g/mol. The molecule has 0 saturated carbocycles. The predicted molar refractivity (Wildman–Crippen MR) is 68.6 cm³/mol. The maximum atomic E-state index is 10.00. The molecule has 2 aliphatic heterocycles. The molecule has 2 aliphatic rings. The first-order chi connectivity index (χ1) is 10.8. The van der Waals surface area contributed by atoms with Crippen molar-refractivity contribution in [1.82, 2.24) is 0 Å². The van der Waals surface area contributed by atoms with Gasteiger partial charge in [-0.05, 0) is 0 Å². The maximum absolute atomic E-state index is 10.00. The van der Waals surface area contributed by atoms with E-state index in [9.17, 15) is 30.6 Å². The van der Waals surface area contributed by atoms with E-state index in [1.165, 1.54) is 0 Å². The molecule has 2 saturated heterocycles. The number of hydrogen-bond acceptors (Lipinski definition) is 11. The van der Waals surface area contributed by atoms with Crippen molar-refractivity contribution in [1.29, 1.82) is 0 Å². The lowest BCUT2D eigenvalue weighted by molar-refractivity contribution is -0.318. The van der Waals surface area contributed by atoms with Crippen LogP contribution in [0.4, 0.5) is 0 Å². The number of hydrogen-bond donors (Lipinski definition) is 8. The van der Waals surface area contributed by atoms with E-state index >= 15 is 0 Å². The van der Waals surface area contributed by atoms with Gasteiger partial charge in [-0.2, -0.15) is 0 Å². The Morgan fingerprint density at radius 2 is 1.48 bits per heavy atom. The molecule has 9 atom stereocenters. The minimum Gasteiger partial charge on any atom is -0.394 e. The second kappa shape index (κ2) is 7.21. The summed E-state index contributed by atoms with van der Waals surface area (Å²) in [5.74, 6) is -2.37. The Labute approximate surface area is 130 Å². The van der Waals surface area contributed by atoms with Gasteiger partial charge in [0.1, 0.15) is 42.7 Å². The van der Waals surface area contributed by atoms with Gasteiger partial charge in [0.2, 0.25) is 5.79 Å². The van der Waals surface area contributed by atoms with Crippen LogP contribution in [0, 0.1) is 0 Å². The normalized spacial score (nSPS) is 51.1. The molecule has 8 N–H and O–H groups in total. The molecule has 0 aromatic carbocycles. The van der Waals surface area contributed by atoms with Crippen LogP contribution in [-0.4, -0.2) is 115 Å². The van der Waals surface area contributed by atoms with E-state index in [4.69, 9.17) is 24.4 Å². The standard InChI is InChI=1S/C12H22O11/c13-1-4-6(16)7(17)8(18)11(21-4)22-9-5(2-14)23-12(20,3-15)10(9)19/h4-11,13-20H,1-3H2/t4-,5-,6+,7+,8+,9+,10-,11+,12-/m0/s1. The van der Waals surface area contributed by atoms with Gasteiger partial charge in [0.15, 0.2) is 6.29 Å². The van der Waals surface area contributed by atoms with Gasteiger partial charge in [-0.25, -0.2) is 0 Å². The zero-order valence-electron chi connectivity index (χ0n) is 12.0. The molecule has 11 heteroatoms. The molecule has 2 rings (SSSR count). The van der Waals surface area contributed by atoms with E-state index in [1.54, 1.807) is 0 Å². The molecule has 0 unspecified atom stereocenters. The highest BCUT2D eigenvalue weighted by Gasteiger charge is 2.56. The highest BCUT2D eigenvalue weighted by atomic mass is 16.7. The number of rotatable bonds is 5. The third kappa shape index (κ3) is 3.36. The first-order valence-corrected chi connectivity index (χ1v) is 7.05. The minimum atomic E-state index is -2.37. The minimum absolute atomic E-state index is 0.668. The number of ether oxygens (including phenoxy) is 3. The third-order valence-electron chi connectivity index (χ3n) is 4.04. The fourth-order valence-corrected chi connectivity index (χ4v) is 2.63. The molecule has 0 aromatic heterocycles. The molecular formula is C12H22O11. The van der Waals surface area contributed by atoms with E-state index in [0.29, 0.717) is 0 Å².